The number of rotatable bonds is 8. The van der Waals surface area contributed by atoms with Gasteiger partial charge in [-0.2, -0.15) is 4.31 Å². The largest absolute Gasteiger partial charge is 0.495 e. The Hall–Kier alpha value is -3.19. The number of halogens is 2. The molecule has 0 saturated carbocycles. The smallest absolute Gasteiger partial charge is 0.264 e. The molecular formula is C24H23ClFN3O6S2. The molecule has 0 aliphatic carbocycles. The normalized spacial score (nSPS) is 13.5. The average molecular weight is 568 g/mol. The Balaban J connectivity index is 1.52. The van der Waals surface area contributed by atoms with Crippen LogP contribution in [0.3, 0.4) is 0 Å². The highest BCUT2D eigenvalue weighted by molar-refractivity contribution is 7.92. The number of hydrogen-bond acceptors (Lipinski definition) is 6. The van der Waals surface area contributed by atoms with Gasteiger partial charge in [0.25, 0.3) is 10.0 Å². The van der Waals surface area contributed by atoms with Gasteiger partial charge in [-0.1, -0.05) is 17.7 Å². The highest BCUT2D eigenvalue weighted by atomic mass is 35.5. The van der Waals surface area contributed by atoms with Crippen LogP contribution in [-0.4, -0.2) is 54.3 Å². The van der Waals surface area contributed by atoms with Gasteiger partial charge in [0.1, 0.15) is 16.5 Å². The first kappa shape index (κ1) is 26.9. The van der Waals surface area contributed by atoms with E-state index in [0.29, 0.717) is 17.1 Å². The molecule has 37 heavy (non-hydrogen) atoms. The van der Waals surface area contributed by atoms with E-state index in [1.54, 1.807) is 12.1 Å². The Morgan fingerprint density at radius 1 is 1.08 bits per heavy atom. The van der Waals surface area contributed by atoms with Gasteiger partial charge in [-0.05, 0) is 66.6 Å². The number of nitrogens with one attached hydrogen (secondary N) is 1. The van der Waals surface area contributed by atoms with Crippen LogP contribution < -0.4 is 14.4 Å². The van der Waals surface area contributed by atoms with Crippen molar-refractivity contribution in [3.8, 4) is 5.75 Å². The van der Waals surface area contributed by atoms with Gasteiger partial charge in [-0.15, -0.1) is 0 Å². The number of carbonyl (C=O) groups is 1. The molecule has 0 aromatic heterocycles. The topological polar surface area (TPSA) is 113 Å². The van der Waals surface area contributed by atoms with Crippen molar-refractivity contribution >= 4 is 48.9 Å². The van der Waals surface area contributed by atoms with Crippen molar-refractivity contribution < 1.29 is 30.8 Å². The van der Waals surface area contributed by atoms with E-state index in [-0.39, 0.29) is 22.9 Å². The van der Waals surface area contributed by atoms with Crippen LogP contribution in [0.4, 0.5) is 15.8 Å². The maximum atomic E-state index is 13.7. The molecule has 9 nitrogen and oxygen atoms in total. The van der Waals surface area contributed by atoms with E-state index in [4.69, 9.17) is 16.3 Å². The molecule has 0 bridgehead atoms. The number of methoxy groups -OCH3 is 1. The number of sulfonamides is 2. The Labute approximate surface area is 219 Å². The predicted octanol–water partition coefficient (Wildman–Crippen LogP) is 3.50. The molecule has 1 amide bonds. The van der Waals surface area contributed by atoms with E-state index >= 15 is 0 Å². The van der Waals surface area contributed by atoms with Gasteiger partial charge >= 0.3 is 0 Å². The molecule has 0 unspecified atom stereocenters. The van der Waals surface area contributed by atoms with Crippen LogP contribution in [0.5, 0.6) is 5.75 Å². The highest BCUT2D eigenvalue weighted by Gasteiger charge is 2.32. The molecule has 1 heterocycles. The fourth-order valence-corrected chi connectivity index (χ4v) is 6.83. The summed E-state index contributed by atoms with van der Waals surface area (Å²) in [6, 6.07) is 13.7. The number of anilines is 2. The maximum Gasteiger partial charge on any atom is 0.264 e. The summed E-state index contributed by atoms with van der Waals surface area (Å²) < 4.78 is 73.0. The molecular weight excluding hydrogens is 545 g/mol. The summed E-state index contributed by atoms with van der Waals surface area (Å²) in [5.41, 5.74) is 1.49. The number of amides is 1. The molecule has 0 spiro atoms. The minimum Gasteiger partial charge on any atom is -0.495 e. The fraction of sp³-hybridized carbons (Fsp3) is 0.208. The van der Waals surface area contributed by atoms with Gasteiger partial charge in [0, 0.05) is 24.3 Å². The van der Waals surface area contributed by atoms with Crippen molar-refractivity contribution in [2.45, 2.75) is 16.2 Å². The average Bonchev–Trinajstić information content (AvgIpc) is 3.28. The van der Waals surface area contributed by atoms with Crippen LogP contribution >= 0.6 is 11.6 Å². The summed E-state index contributed by atoms with van der Waals surface area (Å²) in [7, 11) is -5.68. The molecule has 1 aliphatic rings. The second-order valence-electron chi connectivity index (χ2n) is 8.23. The summed E-state index contributed by atoms with van der Waals surface area (Å²) in [5, 5.41) is 3.01. The van der Waals surface area contributed by atoms with Crippen molar-refractivity contribution in [3.05, 3.63) is 77.1 Å². The number of ether oxygens (including phenoxy) is 1. The summed E-state index contributed by atoms with van der Waals surface area (Å²) in [5.74, 6) is -1.51. The minimum atomic E-state index is -4.25. The number of carbonyl (C=O) groups excluding carboxylic acids is 1. The van der Waals surface area contributed by atoms with Crippen LogP contribution in [0.1, 0.15) is 5.56 Å². The third-order valence-corrected chi connectivity index (χ3v) is 9.71. The second-order valence-corrected chi connectivity index (χ2v) is 12.5. The zero-order chi connectivity index (χ0) is 27.0. The lowest BCUT2D eigenvalue weighted by atomic mass is 10.1. The van der Waals surface area contributed by atoms with Crippen molar-refractivity contribution in [2.24, 2.45) is 0 Å². The second kappa shape index (κ2) is 10.3. The molecule has 4 rings (SSSR count). The van der Waals surface area contributed by atoms with Crippen LogP contribution in [-0.2, 0) is 31.3 Å². The Morgan fingerprint density at radius 3 is 2.46 bits per heavy atom. The van der Waals surface area contributed by atoms with E-state index in [1.807, 2.05) is 0 Å². The Kier molecular flexibility index (Phi) is 7.47. The molecule has 3 aromatic rings. The van der Waals surface area contributed by atoms with E-state index in [0.717, 1.165) is 22.0 Å². The number of hydrogen-bond donors (Lipinski definition) is 1. The first-order chi connectivity index (χ1) is 17.4. The molecule has 13 heteroatoms. The van der Waals surface area contributed by atoms with Crippen molar-refractivity contribution in [1.29, 1.82) is 0 Å². The van der Waals surface area contributed by atoms with Crippen LogP contribution in [0.15, 0.2) is 70.5 Å². The quantitative estimate of drug-likeness (QED) is 0.446. The zero-order valence-electron chi connectivity index (χ0n) is 19.8. The first-order valence-corrected chi connectivity index (χ1v) is 14.2. The first-order valence-electron chi connectivity index (χ1n) is 10.9. The van der Waals surface area contributed by atoms with E-state index < -0.39 is 43.2 Å². The molecule has 1 N–H and O–H groups in total. The molecule has 0 fully saturated rings. The number of nitrogens with zero attached hydrogens (tertiary/aromatic N) is 2. The molecule has 0 saturated heterocycles. The Bertz CT molecular complexity index is 1560. The summed E-state index contributed by atoms with van der Waals surface area (Å²) in [6.07, 6.45) is 0.493. The molecule has 1 aliphatic heterocycles. The van der Waals surface area contributed by atoms with Crippen LogP contribution in [0, 0.1) is 5.82 Å². The van der Waals surface area contributed by atoms with Gasteiger partial charge < -0.3 is 10.1 Å². The lowest BCUT2D eigenvalue weighted by Gasteiger charge is -2.21. The van der Waals surface area contributed by atoms with Gasteiger partial charge in [-0.25, -0.2) is 21.2 Å². The maximum absolute atomic E-state index is 13.7. The minimum absolute atomic E-state index is 0.0609. The van der Waals surface area contributed by atoms with Crippen LogP contribution in [0.2, 0.25) is 5.02 Å². The number of likely N-dealkylation sites (N-methyl/N-ethyl adjacent to an activating group) is 1. The number of benzene rings is 3. The van der Waals surface area contributed by atoms with Crippen molar-refractivity contribution in [1.82, 2.24) is 4.31 Å². The molecule has 0 atom stereocenters. The number of fused-ring (bicyclic) bond motifs is 1. The monoisotopic (exact) mass is 567 g/mol. The Morgan fingerprint density at radius 2 is 1.78 bits per heavy atom. The van der Waals surface area contributed by atoms with Crippen molar-refractivity contribution in [2.75, 3.05) is 36.9 Å². The van der Waals surface area contributed by atoms with Gasteiger partial charge in [-0.3, -0.25) is 9.10 Å². The van der Waals surface area contributed by atoms with Gasteiger partial charge in [0.2, 0.25) is 15.9 Å². The molecule has 196 valence electrons. The predicted molar refractivity (Wildman–Crippen MR) is 138 cm³/mol. The zero-order valence-corrected chi connectivity index (χ0v) is 22.2. The summed E-state index contributed by atoms with van der Waals surface area (Å²) in [6.45, 7) is -0.347. The van der Waals surface area contributed by atoms with E-state index in [9.17, 15) is 26.0 Å². The van der Waals surface area contributed by atoms with Gasteiger partial charge in [0.05, 0.1) is 24.2 Å². The fourth-order valence-electron chi connectivity index (χ4n) is 3.92. The van der Waals surface area contributed by atoms with Crippen molar-refractivity contribution in [3.63, 3.8) is 0 Å². The lowest BCUT2D eigenvalue weighted by Crippen LogP contribution is -2.35. The lowest BCUT2D eigenvalue weighted by molar-refractivity contribution is -0.116. The van der Waals surface area contributed by atoms with Crippen LogP contribution in [0.25, 0.3) is 0 Å². The van der Waals surface area contributed by atoms with E-state index in [2.05, 4.69) is 5.32 Å². The van der Waals surface area contributed by atoms with E-state index in [1.165, 1.54) is 54.9 Å². The summed E-state index contributed by atoms with van der Waals surface area (Å²) >= 11 is 5.88. The third-order valence-electron chi connectivity index (χ3n) is 5.80. The third kappa shape index (κ3) is 5.42. The van der Waals surface area contributed by atoms with Gasteiger partial charge in [0.15, 0.2) is 0 Å². The highest BCUT2D eigenvalue weighted by Crippen LogP contribution is 2.35. The molecule has 0 radical (unpaired) electrons. The SMILES string of the molecule is COc1ccc(F)cc1S(=O)(=O)N(C)CC(=O)Nc1ccc2c(c1)N(S(=O)(=O)c1ccc(Cl)cc1)CC2. The summed E-state index contributed by atoms with van der Waals surface area (Å²) in [4.78, 5) is 12.4. The standard InChI is InChI=1S/C24H23ClFN3O6S2/c1-28(37(33,34)23-13-18(26)6-10-22(23)35-2)15-24(30)27-19-7-3-16-11-12-29(21(16)14-19)36(31,32)20-8-4-17(25)5-9-20/h3-10,13-14H,11-12,15H2,1-2H3,(H,27,30). The molecule has 3 aromatic carbocycles.